The van der Waals surface area contributed by atoms with Gasteiger partial charge in [0, 0.05) is 0 Å². The molecule has 5 heteroatoms. The Hall–Kier alpha value is -1.43. The topological polar surface area (TPSA) is 87.0 Å². The number of aliphatic hydroxyl groups excluding tert-OH is 3. The van der Waals surface area contributed by atoms with Crippen LogP contribution in [0.3, 0.4) is 0 Å². The molecule has 1 aromatic rings. The molecule has 0 aliphatic rings. The minimum Gasteiger partial charge on any atom is -0.464 e. The summed E-state index contributed by atoms with van der Waals surface area (Å²) in [6.07, 6.45) is -2.40. The highest BCUT2D eigenvalue weighted by Gasteiger charge is 2.19. The third kappa shape index (κ3) is 3.52. The first-order valence-electron chi connectivity index (χ1n) is 5.33. The van der Waals surface area contributed by atoms with Gasteiger partial charge in [-0.1, -0.05) is 18.2 Å². The molecule has 0 bridgehead atoms. The van der Waals surface area contributed by atoms with Gasteiger partial charge in [-0.3, -0.25) is 0 Å². The normalized spacial score (nSPS) is 14.1. The van der Waals surface area contributed by atoms with E-state index in [2.05, 4.69) is 4.74 Å². The smallest absolute Gasteiger partial charge is 0.339 e. The Labute approximate surface area is 99.3 Å². The molecule has 3 N–H and O–H groups in total. The van der Waals surface area contributed by atoms with Crippen LogP contribution in [0.25, 0.3) is 0 Å². The predicted octanol–water partition coefficient (Wildman–Crippen LogP) is 0.309. The van der Waals surface area contributed by atoms with Crippen LogP contribution in [-0.4, -0.2) is 34.5 Å². The maximum atomic E-state index is 11.3. The number of carbonyl (C=O) groups excluding carboxylic acids is 1. The van der Waals surface area contributed by atoms with Gasteiger partial charge in [0.05, 0.1) is 13.2 Å². The highest BCUT2D eigenvalue weighted by atomic mass is 16.5. The van der Waals surface area contributed by atoms with E-state index in [0.717, 1.165) is 0 Å². The molecule has 0 saturated heterocycles. The van der Waals surface area contributed by atoms with E-state index < -0.39 is 24.8 Å². The second kappa shape index (κ2) is 6.34. The van der Waals surface area contributed by atoms with Crippen LogP contribution >= 0.6 is 0 Å². The molecule has 17 heavy (non-hydrogen) atoms. The van der Waals surface area contributed by atoms with Gasteiger partial charge in [0.15, 0.2) is 6.10 Å². The third-order valence-electron chi connectivity index (χ3n) is 2.29. The van der Waals surface area contributed by atoms with Crippen molar-refractivity contribution in [3.63, 3.8) is 0 Å². The molecule has 1 aromatic carbocycles. The summed E-state index contributed by atoms with van der Waals surface area (Å²) in [6, 6.07) is 6.20. The van der Waals surface area contributed by atoms with Gasteiger partial charge in [-0.25, -0.2) is 4.79 Å². The Balaban J connectivity index is 2.87. The highest BCUT2D eigenvalue weighted by molar-refractivity contribution is 5.76. The second-order valence-electron chi connectivity index (χ2n) is 3.52. The fourth-order valence-corrected chi connectivity index (χ4v) is 1.40. The van der Waals surface area contributed by atoms with Crippen molar-refractivity contribution >= 4 is 5.97 Å². The Morgan fingerprint density at radius 2 is 2.00 bits per heavy atom. The maximum absolute atomic E-state index is 11.3. The zero-order chi connectivity index (χ0) is 12.8. The van der Waals surface area contributed by atoms with Crippen molar-refractivity contribution in [2.24, 2.45) is 0 Å². The predicted molar refractivity (Wildman–Crippen MR) is 60.1 cm³/mol. The molecular weight excluding hydrogens is 224 g/mol. The standard InChI is InChI=1S/C12H16O5/c1-2-17-12(16)11(15)9-5-3-4-8(6-9)10(14)7-13/h3-6,10-11,13-15H,2,7H2,1H3. The summed E-state index contributed by atoms with van der Waals surface area (Å²) in [7, 11) is 0. The molecule has 0 aliphatic carbocycles. The fourth-order valence-electron chi connectivity index (χ4n) is 1.40. The Morgan fingerprint density at radius 3 is 2.59 bits per heavy atom. The van der Waals surface area contributed by atoms with E-state index in [-0.39, 0.29) is 6.61 Å². The Morgan fingerprint density at radius 1 is 1.35 bits per heavy atom. The van der Waals surface area contributed by atoms with E-state index in [0.29, 0.717) is 11.1 Å². The van der Waals surface area contributed by atoms with Crippen LogP contribution in [0.5, 0.6) is 0 Å². The molecule has 0 aromatic heterocycles. The van der Waals surface area contributed by atoms with Crippen LogP contribution in [0, 0.1) is 0 Å². The molecule has 2 unspecified atom stereocenters. The third-order valence-corrected chi connectivity index (χ3v) is 2.29. The molecule has 0 spiro atoms. The van der Waals surface area contributed by atoms with Crippen molar-refractivity contribution in [3.8, 4) is 0 Å². The summed E-state index contributed by atoms with van der Waals surface area (Å²) in [4.78, 5) is 11.3. The van der Waals surface area contributed by atoms with Crippen LogP contribution in [0.4, 0.5) is 0 Å². The zero-order valence-corrected chi connectivity index (χ0v) is 9.54. The first kappa shape index (κ1) is 13.6. The second-order valence-corrected chi connectivity index (χ2v) is 3.52. The summed E-state index contributed by atoms with van der Waals surface area (Å²) < 4.78 is 4.68. The van der Waals surface area contributed by atoms with E-state index in [1.165, 1.54) is 6.07 Å². The molecule has 94 valence electrons. The lowest BCUT2D eigenvalue weighted by Gasteiger charge is -2.13. The Kier molecular flexibility index (Phi) is 5.09. The van der Waals surface area contributed by atoms with Crippen LogP contribution in [0.2, 0.25) is 0 Å². The molecule has 1 rings (SSSR count). The average molecular weight is 240 g/mol. The number of ether oxygens (including phenoxy) is 1. The van der Waals surface area contributed by atoms with E-state index >= 15 is 0 Å². The van der Waals surface area contributed by atoms with Gasteiger partial charge in [-0.05, 0) is 24.1 Å². The zero-order valence-electron chi connectivity index (χ0n) is 9.54. The van der Waals surface area contributed by atoms with Gasteiger partial charge >= 0.3 is 5.97 Å². The summed E-state index contributed by atoms with van der Waals surface area (Å²) in [5.41, 5.74) is 0.766. The number of hydrogen-bond acceptors (Lipinski definition) is 5. The maximum Gasteiger partial charge on any atom is 0.339 e. The van der Waals surface area contributed by atoms with Gasteiger partial charge < -0.3 is 20.1 Å². The van der Waals surface area contributed by atoms with Crippen molar-refractivity contribution in [3.05, 3.63) is 35.4 Å². The molecule has 2 atom stereocenters. The summed E-state index contributed by atoms with van der Waals surface area (Å²) in [6.45, 7) is 1.42. The van der Waals surface area contributed by atoms with E-state index in [4.69, 9.17) is 5.11 Å². The first-order chi connectivity index (χ1) is 8.10. The quantitative estimate of drug-likeness (QED) is 0.645. The van der Waals surface area contributed by atoms with Crippen LogP contribution in [0.1, 0.15) is 30.3 Å². The van der Waals surface area contributed by atoms with Crippen LogP contribution in [-0.2, 0) is 9.53 Å². The van der Waals surface area contributed by atoms with Crippen LogP contribution < -0.4 is 0 Å². The van der Waals surface area contributed by atoms with Gasteiger partial charge in [0.25, 0.3) is 0 Å². The lowest BCUT2D eigenvalue weighted by atomic mass is 10.0. The fraction of sp³-hybridized carbons (Fsp3) is 0.417. The number of rotatable bonds is 5. The van der Waals surface area contributed by atoms with Gasteiger partial charge in [-0.15, -0.1) is 0 Å². The van der Waals surface area contributed by atoms with E-state index in [9.17, 15) is 15.0 Å². The number of aliphatic hydroxyl groups is 3. The molecule has 0 saturated carbocycles. The molecular formula is C12H16O5. The highest BCUT2D eigenvalue weighted by Crippen LogP contribution is 2.19. The monoisotopic (exact) mass is 240 g/mol. The number of hydrogen-bond donors (Lipinski definition) is 3. The van der Waals surface area contributed by atoms with E-state index in [1.807, 2.05) is 0 Å². The number of benzene rings is 1. The van der Waals surface area contributed by atoms with Crippen molar-refractivity contribution in [1.29, 1.82) is 0 Å². The van der Waals surface area contributed by atoms with E-state index in [1.54, 1.807) is 25.1 Å². The van der Waals surface area contributed by atoms with Gasteiger partial charge in [0.2, 0.25) is 0 Å². The summed E-state index contributed by atoms with van der Waals surface area (Å²) in [5.74, 6) is -0.733. The lowest BCUT2D eigenvalue weighted by Crippen LogP contribution is -2.16. The molecule has 0 amide bonds. The van der Waals surface area contributed by atoms with Crippen molar-refractivity contribution in [2.75, 3.05) is 13.2 Å². The largest absolute Gasteiger partial charge is 0.464 e. The minimum atomic E-state index is -1.37. The molecule has 0 fully saturated rings. The van der Waals surface area contributed by atoms with Gasteiger partial charge in [-0.2, -0.15) is 0 Å². The van der Waals surface area contributed by atoms with Crippen LogP contribution in [0.15, 0.2) is 24.3 Å². The van der Waals surface area contributed by atoms with Crippen molar-refractivity contribution < 1.29 is 24.9 Å². The van der Waals surface area contributed by atoms with Crippen molar-refractivity contribution in [2.45, 2.75) is 19.1 Å². The molecule has 5 nitrogen and oxygen atoms in total. The van der Waals surface area contributed by atoms with Crippen molar-refractivity contribution in [1.82, 2.24) is 0 Å². The Bertz CT molecular complexity index is 377. The summed E-state index contributed by atoms with van der Waals surface area (Å²) in [5, 5.41) is 27.9. The van der Waals surface area contributed by atoms with Gasteiger partial charge in [0.1, 0.15) is 6.10 Å². The molecule has 0 heterocycles. The first-order valence-corrected chi connectivity index (χ1v) is 5.33. The molecule has 0 radical (unpaired) electrons. The SMILES string of the molecule is CCOC(=O)C(O)c1cccc(C(O)CO)c1. The summed E-state index contributed by atoms with van der Waals surface area (Å²) >= 11 is 0. The number of esters is 1. The minimum absolute atomic E-state index is 0.189. The average Bonchev–Trinajstić information content (AvgIpc) is 2.37. The lowest BCUT2D eigenvalue weighted by molar-refractivity contribution is -0.153. The number of carbonyl (C=O) groups is 1. The molecule has 0 aliphatic heterocycles.